The van der Waals surface area contributed by atoms with E-state index in [2.05, 4.69) is 51.0 Å². The van der Waals surface area contributed by atoms with Crippen LogP contribution in [0.15, 0.2) is 34.4 Å². The molecule has 0 bridgehead atoms. The number of nitrogens with zero attached hydrogens (tertiary/aromatic N) is 2. The summed E-state index contributed by atoms with van der Waals surface area (Å²) in [6, 6.07) is 8.40. The smallest absolute Gasteiger partial charge is 0.263 e. The molecule has 0 aliphatic heterocycles. The first kappa shape index (κ1) is 19.3. The van der Waals surface area contributed by atoms with E-state index in [1.807, 2.05) is 5.38 Å². The van der Waals surface area contributed by atoms with Crippen LogP contribution in [0, 0.1) is 12.3 Å². The fourth-order valence-corrected chi connectivity index (χ4v) is 4.02. The van der Waals surface area contributed by atoms with Gasteiger partial charge in [-0.2, -0.15) is 0 Å². The number of thiophene rings is 1. The molecule has 0 unspecified atom stereocenters. The summed E-state index contributed by atoms with van der Waals surface area (Å²) in [7, 11) is 1.63. The molecule has 0 N–H and O–H groups in total. The van der Waals surface area contributed by atoms with Crippen LogP contribution in [-0.2, 0) is 23.1 Å². The number of hydrogen-bond donors (Lipinski definition) is 0. The minimum absolute atomic E-state index is 0.0831. The van der Waals surface area contributed by atoms with Crippen molar-refractivity contribution in [1.29, 1.82) is 0 Å². The average molecular weight is 381 g/mol. The van der Waals surface area contributed by atoms with Gasteiger partial charge in [-0.3, -0.25) is 9.36 Å². The van der Waals surface area contributed by atoms with Crippen molar-refractivity contribution < 1.29 is 4.74 Å². The Balaban J connectivity index is 2.14. The molecule has 5 heteroatoms. The van der Waals surface area contributed by atoms with Crippen LogP contribution in [0.2, 0.25) is 0 Å². The van der Waals surface area contributed by atoms with Crippen LogP contribution in [0.5, 0.6) is 0 Å². The number of ether oxygens (including phenoxy) is 1. The van der Waals surface area contributed by atoms with E-state index in [1.165, 1.54) is 16.9 Å². The van der Waals surface area contributed by atoms with Crippen molar-refractivity contribution in [3.63, 3.8) is 0 Å². The lowest BCUT2D eigenvalue weighted by Gasteiger charge is -2.19. The standard InChI is InChI=1S/C22H24N2O2S/c1-6-12-24-18(11-13-26-5)23-20-19(21(24)25)17(14-27-20)15-7-9-16(10-8-15)22(2,3)4/h1,7-10,14H,11-13H2,2-5H3. The summed E-state index contributed by atoms with van der Waals surface area (Å²) in [4.78, 5) is 18.6. The number of aromatic nitrogens is 2. The van der Waals surface area contributed by atoms with Gasteiger partial charge in [-0.15, -0.1) is 17.8 Å². The summed E-state index contributed by atoms with van der Waals surface area (Å²) in [5.74, 6) is 3.24. The lowest BCUT2D eigenvalue weighted by atomic mass is 9.86. The number of hydrogen-bond acceptors (Lipinski definition) is 4. The van der Waals surface area contributed by atoms with Crippen LogP contribution >= 0.6 is 11.3 Å². The molecule has 140 valence electrons. The van der Waals surface area contributed by atoms with Crippen molar-refractivity contribution in [1.82, 2.24) is 9.55 Å². The van der Waals surface area contributed by atoms with Gasteiger partial charge in [-0.1, -0.05) is 51.0 Å². The van der Waals surface area contributed by atoms with E-state index >= 15 is 0 Å². The second kappa shape index (κ2) is 7.67. The van der Waals surface area contributed by atoms with Crippen LogP contribution in [0.3, 0.4) is 0 Å². The predicted octanol–water partition coefficient (Wildman–Crippen LogP) is 4.24. The minimum Gasteiger partial charge on any atom is -0.384 e. The average Bonchev–Trinajstić information content (AvgIpc) is 3.06. The molecule has 0 amide bonds. The minimum atomic E-state index is -0.0831. The van der Waals surface area contributed by atoms with Gasteiger partial charge in [-0.05, 0) is 16.5 Å². The molecule has 1 aromatic carbocycles. The van der Waals surface area contributed by atoms with E-state index in [0.717, 1.165) is 16.0 Å². The van der Waals surface area contributed by atoms with Gasteiger partial charge in [0.2, 0.25) is 0 Å². The number of fused-ring (bicyclic) bond motifs is 1. The van der Waals surface area contributed by atoms with E-state index in [1.54, 1.807) is 11.7 Å². The molecular formula is C22H24N2O2S. The molecule has 0 aliphatic carbocycles. The van der Waals surface area contributed by atoms with Crippen LogP contribution in [0.4, 0.5) is 0 Å². The SMILES string of the molecule is C#CCn1c(CCOC)nc2scc(-c3ccc(C(C)(C)C)cc3)c2c1=O. The Hall–Kier alpha value is -2.42. The summed E-state index contributed by atoms with van der Waals surface area (Å²) in [6.45, 7) is 7.26. The van der Waals surface area contributed by atoms with Gasteiger partial charge < -0.3 is 4.74 Å². The molecule has 0 radical (unpaired) electrons. The van der Waals surface area contributed by atoms with Gasteiger partial charge in [0.1, 0.15) is 10.7 Å². The van der Waals surface area contributed by atoms with Gasteiger partial charge in [0.15, 0.2) is 0 Å². The monoisotopic (exact) mass is 380 g/mol. The first-order valence-corrected chi connectivity index (χ1v) is 9.79. The fraction of sp³-hybridized carbons (Fsp3) is 0.364. The second-order valence-electron chi connectivity index (χ2n) is 7.52. The highest BCUT2D eigenvalue weighted by Gasteiger charge is 2.18. The van der Waals surface area contributed by atoms with Crippen LogP contribution < -0.4 is 5.56 Å². The zero-order chi connectivity index (χ0) is 19.6. The fourth-order valence-electron chi connectivity index (χ4n) is 3.07. The second-order valence-corrected chi connectivity index (χ2v) is 8.38. The molecule has 0 saturated heterocycles. The Morgan fingerprint density at radius 3 is 2.56 bits per heavy atom. The van der Waals surface area contributed by atoms with Crippen LogP contribution in [0.25, 0.3) is 21.3 Å². The first-order chi connectivity index (χ1) is 12.9. The number of rotatable bonds is 5. The summed E-state index contributed by atoms with van der Waals surface area (Å²) in [5, 5.41) is 2.64. The Morgan fingerprint density at radius 2 is 1.96 bits per heavy atom. The summed E-state index contributed by atoms with van der Waals surface area (Å²) < 4.78 is 6.72. The first-order valence-electron chi connectivity index (χ1n) is 8.91. The molecule has 27 heavy (non-hydrogen) atoms. The zero-order valence-corrected chi connectivity index (χ0v) is 17.0. The molecular weight excluding hydrogens is 356 g/mol. The van der Waals surface area contributed by atoms with Crippen molar-refractivity contribution in [2.24, 2.45) is 0 Å². The normalized spacial score (nSPS) is 11.7. The Bertz CT molecular complexity index is 1050. The van der Waals surface area contributed by atoms with Gasteiger partial charge in [0, 0.05) is 24.5 Å². The van der Waals surface area contributed by atoms with E-state index in [4.69, 9.17) is 16.1 Å². The van der Waals surface area contributed by atoms with Crippen molar-refractivity contribution in [3.05, 3.63) is 51.4 Å². The maximum absolute atomic E-state index is 13.2. The highest BCUT2D eigenvalue weighted by atomic mass is 32.1. The molecule has 0 fully saturated rings. The van der Waals surface area contributed by atoms with Crippen molar-refractivity contribution >= 4 is 21.6 Å². The highest BCUT2D eigenvalue weighted by Crippen LogP contribution is 2.32. The van der Waals surface area contributed by atoms with Crippen LogP contribution in [-0.4, -0.2) is 23.3 Å². The largest absolute Gasteiger partial charge is 0.384 e. The van der Waals surface area contributed by atoms with Gasteiger partial charge in [0.05, 0.1) is 18.5 Å². The number of benzene rings is 1. The maximum Gasteiger partial charge on any atom is 0.263 e. The van der Waals surface area contributed by atoms with E-state index in [-0.39, 0.29) is 17.5 Å². The highest BCUT2D eigenvalue weighted by molar-refractivity contribution is 7.17. The quantitative estimate of drug-likeness (QED) is 0.622. The molecule has 2 heterocycles. The van der Waals surface area contributed by atoms with E-state index in [9.17, 15) is 4.79 Å². The number of methoxy groups -OCH3 is 1. The Labute approximate surface area is 163 Å². The zero-order valence-electron chi connectivity index (χ0n) is 16.2. The lowest BCUT2D eigenvalue weighted by Crippen LogP contribution is -2.25. The molecule has 3 rings (SSSR count). The summed E-state index contributed by atoms with van der Waals surface area (Å²) in [5.41, 5.74) is 3.20. The van der Waals surface area contributed by atoms with Gasteiger partial charge in [-0.25, -0.2) is 4.98 Å². The third kappa shape index (κ3) is 3.83. The molecule has 4 nitrogen and oxygen atoms in total. The Morgan fingerprint density at radius 1 is 1.26 bits per heavy atom. The van der Waals surface area contributed by atoms with Crippen molar-refractivity contribution in [2.45, 2.75) is 39.2 Å². The van der Waals surface area contributed by atoms with E-state index < -0.39 is 0 Å². The topological polar surface area (TPSA) is 44.1 Å². The third-order valence-electron chi connectivity index (χ3n) is 4.61. The third-order valence-corrected chi connectivity index (χ3v) is 5.49. The molecule has 0 atom stereocenters. The lowest BCUT2D eigenvalue weighted by molar-refractivity contribution is 0.199. The molecule has 3 aromatic rings. The maximum atomic E-state index is 13.2. The van der Waals surface area contributed by atoms with Crippen molar-refractivity contribution in [2.75, 3.05) is 13.7 Å². The Kier molecular flexibility index (Phi) is 5.50. The van der Waals surface area contributed by atoms with Gasteiger partial charge >= 0.3 is 0 Å². The molecule has 0 aliphatic rings. The summed E-state index contributed by atoms with van der Waals surface area (Å²) in [6.07, 6.45) is 6.04. The summed E-state index contributed by atoms with van der Waals surface area (Å²) >= 11 is 1.49. The van der Waals surface area contributed by atoms with Gasteiger partial charge in [0.25, 0.3) is 5.56 Å². The predicted molar refractivity (Wildman–Crippen MR) is 112 cm³/mol. The molecule has 0 spiro atoms. The number of terminal acetylenes is 1. The van der Waals surface area contributed by atoms with E-state index in [0.29, 0.717) is 24.2 Å². The molecule has 0 saturated carbocycles. The van der Waals surface area contributed by atoms with Crippen LogP contribution in [0.1, 0.15) is 32.2 Å². The molecule has 2 aromatic heterocycles. The van der Waals surface area contributed by atoms with Crippen molar-refractivity contribution in [3.8, 4) is 23.5 Å².